The first-order chi connectivity index (χ1) is 7.84. The van der Waals surface area contributed by atoms with Gasteiger partial charge in [0.1, 0.15) is 6.33 Å². The maximum atomic E-state index is 11.4. The Kier molecular flexibility index (Phi) is 3.27. The summed E-state index contributed by atoms with van der Waals surface area (Å²) in [6, 6.07) is 1.86. The summed E-state index contributed by atoms with van der Waals surface area (Å²) in [4.78, 5) is 15.2. The maximum Gasteiger partial charge on any atom is 0.226 e. The van der Waals surface area contributed by atoms with Gasteiger partial charge in [0.25, 0.3) is 0 Å². The monoisotopic (exact) mass is 220 g/mol. The quantitative estimate of drug-likeness (QED) is 0.764. The molecule has 16 heavy (non-hydrogen) atoms. The van der Waals surface area contributed by atoms with Crippen LogP contribution >= 0.6 is 0 Å². The van der Waals surface area contributed by atoms with E-state index in [0.29, 0.717) is 12.4 Å². The Hall–Kier alpha value is -2.18. The first-order valence-electron chi connectivity index (χ1n) is 4.97. The van der Waals surface area contributed by atoms with E-state index in [1.165, 1.54) is 6.33 Å². The van der Waals surface area contributed by atoms with Gasteiger partial charge in [-0.05, 0) is 12.5 Å². The fraction of sp³-hybridized carbons (Fsp3) is 0.333. The maximum absolute atomic E-state index is 11.4. The Morgan fingerprint density at radius 2 is 2.50 bits per heavy atom. The lowest BCUT2D eigenvalue weighted by atomic mass is 10.3. The minimum atomic E-state index is -0.0797. The van der Waals surface area contributed by atoms with Crippen molar-refractivity contribution < 1.29 is 4.79 Å². The number of aromatic nitrogens is 5. The summed E-state index contributed by atoms with van der Waals surface area (Å²) in [6.45, 7) is 0.733. The first-order valence-corrected chi connectivity index (χ1v) is 4.97. The number of rotatable bonds is 5. The van der Waals surface area contributed by atoms with Crippen LogP contribution in [0.4, 0.5) is 5.95 Å². The molecule has 0 bridgehead atoms. The number of hydrogen-bond acceptors (Lipinski definition) is 4. The summed E-state index contributed by atoms with van der Waals surface area (Å²) in [5.41, 5.74) is 0. The summed E-state index contributed by atoms with van der Waals surface area (Å²) in [5.74, 6) is 0.299. The minimum absolute atomic E-state index is 0.0797. The molecule has 0 saturated carbocycles. The van der Waals surface area contributed by atoms with Gasteiger partial charge in [0.15, 0.2) is 0 Å². The van der Waals surface area contributed by atoms with Crippen molar-refractivity contribution in [1.29, 1.82) is 0 Å². The van der Waals surface area contributed by atoms with Crippen LogP contribution in [0.25, 0.3) is 0 Å². The Balaban J connectivity index is 1.68. The molecule has 0 aliphatic rings. The average Bonchev–Trinajstić information content (AvgIpc) is 2.90. The Morgan fingerprint density at radius 3 is 3.19 bits per heavy atom. The number of aryl methyl sites for hydroxylation is 1. The van der Waals surface area contributed by atoms with E-state index in [1.54, 1.807) is 10.9 Å². The highest BCUT2D eigenvalue weighted by Crippen LogP contribution is 1.98. The number of amides is 1. The van der Waals surface area contributed by atoms with E-state index >= 15 is 0 Å². The predicted molar refractivity (Wildman–Crippen MR) is 56.5 cm³/mol. The lowest BCUT2D eigenvalue weighted by molar-refractivity contribution is -0.116. The molecular weight excluding hydrogens is 208 g/mol. The third-order valence-electron chi connectivity index (χ3n) is 2.02. The summed E-state index contributed by atoms with van der Waals surface area (Å²) in [6.07, 6.45) is 6.10. The molecule has 0 spiro atoms. The van der Waals surface area contributed by atoms with Crippen LogP contribution in [0.2, 0.25) is 0 Å². The molecule has 0 aliphatic heterocycles. The second kappa shape index (κ2) is 5.06. The number of nitrogens with zero attached hydrogens (tertiary/aromatic N) is 4. The van der Waals surface area contributed by atoms with Gasteiger partial charge in [0.05, 0.1) is 0 Å². The standard InChI is InChI=1S/C9H12N6O/c16-8(13-9-10-7-11-14-9)3-1-5-15-6-2-4-12-15/h2,4,6-7H,1,3,5H2,(H2,10,11,13,14,16). The van der Waals surface area contributed by atoms with Gasteiger partial charge < -0.3 is 0 Å². The van der Waals surface area contributed by atoms with Gasteiger partial charge in [-0.15, -0.1) is 0 Å². The van der Waals surface area contributed by atoms with Gasteiger partial charge in [-0.2, -0.15) is 15.2 Å². The van der Waals surface area contributed by atoms with Crippen molar-refractivity contribution in [2.45, 2.75) is 19.4 Å². The van der Waals surface area contributed by atoms with Gasteiger partial charge in [0.2, 0.25) is 11.9 Å². The zero-order valence-electron chi connectivity index (χ0n) is 8.63. The highest BCUT2D eigenvalue weighted by Gasteiger charge is 2.03. The molecular formula is C9H12N6O. The first kappa shape index (κ1) is 10.3. The lowest BCUT2D eigenvalue weighted by Crippen LogP contribution is -2.13. The van der Waals surface area contributed by atoms with Crippen molar-refractivity contribution in [3.8, 4) is 0 Å². The number of nitrogens with one attached hydrogen (secondary N) is 2. The van der Waals surface area contributed by atoms with E-state index < -0.39 is 0 Å². The minimum Gasteiger partial charge on any atom is -0.295 e. The molecule has 0 aromatic carbocycles. The molecule has 0 aliphatic carbocycles. The van der Waals surface area contributed by atoms with Crippen LogP contribution in [0.3, 0.4) is 0 Å². The molecule has 2 aromatic rings. The van der Waals surface area contributed by atoms with E-state index in [0.717, 1.165) is 13.0 Å². The van der Waals surface area contributed by atoms with E-state index in [9.17, 15) is 4.79 Å². The smallest absolute Gasteiger partial charge is 0.226 e. The van der Waals surface area contributed by atoms with Crippen LogP contribution in [0.1, 0.15) is 12.8 Å². The molecule has 0 saturated heterocycles. The molecule has 0 unspecified atom stereocenters. The normalized spacial score (nSPS) is 10.2. The van der Waals surface area contributed by atoms with Gasteiger partial charge in [-0.25, -0.2) is 5.10 Å². The highest BCUT2D eigenvalue weighted by atomic mass is 16.1. The van der Waals surface area contributed by atoms with Gasteiger partial charge >= 0.3 is 0 Å². The molecule has 2 aromatic heterocycles. The molecule has 84 valence electrons. The molecule has 0 fully saturated rings. The van der Waals surface area contributed by atoms with Crippen molar-refractivity contribution in [2.75, 3.05) is 5.32 Å². The molecule has 1 amide bonds. The second-order valence-corrected chi connectivity index (χ2v) is 3.25. The summed E-state index contributed by atoms with van der Waals surface area (Å²) < 4.78 is 1.79. The largest absolute Gasteiger partial charge is 0.295 e. The van der Waals surface area contributed by atoms with E-state index in [2.05, 4.69) is 25.6 Å². The third kappa shape index (κ3) is 2.91. The lowest BCUT2D eigenvalue weighted by Gasteiger charge is -2.01. The van der Waals surface area contributed by atoms with Crippen molar-refractivity contribution in [2.24, 2.45) is 0 Å². The number of aromatic amines is 1. The summed E-state index contributed by atoms with van der Waals surface area (Å²) >= 11 is 0. The van der Waals surface area contributed by atoms with Crippen LogP contribution in [0.5, 0.6) is 0 Å². The molecule has 2 rings (SSSR count). The Morgan fingerprint density at radius 1 is 1.56 bits per heavy atom. The number of H-pyrrole nitrogens is 1. The molecule has 0 radical (unpaired) electrons. The number of hydrogen-bond donors (Lipinski definition) is 2. The van der Waals surface area contributed by atoms with Crippen molar-refractivity contribution in [3.63, 3.8) is 0 Å². The highest BCUT2D eigenvalue weighted by molar-refractivity contribution is 5.88. The van der Waals surface area contributed by atoms with E-state index in [-0.39, 0.29) is 5.91 Å². The molecule has 2 N–H and O–H groups in total. The molecule has 7 heteroatoms. The van der Waals surface area contributed by atoms with E-state index in [4.69, 9.17) is 0 Å². The van der Waals surface area contributed by atoms with Crippen LogP contribution < -0.4 is 5.32 Å². The van der Waals surface area contributed by atoms with Crippen LogP contribution in [-0.4, -0.2) is 30.9 Å². The van der Waals surface area contributed by atoms with Crippen molar-refractivity contribution in [1.82, 2.24) is 25.0 Å². The van der Waals surface area contributed by atoms with Crippen LogP contribution in [-0.2, 0) is 11.3 Å². The topological polar surface area (TPSA) is 88.5 Å². The van der Waals surface area contributed by atoms with Crippen molar-refractivity contribution >= 4 is 11.9 Å². The van der Waals surface area contributed by atoms with Gasteiger partial charge in [0, 0.05) is 25.4 Å². The SMILES string of the molecule is O=C(CCCn1cccn1)Nc1ncn[nH]1. The number of carbonyl (C=O) groups excluding carboxylic acids is 1. The summed E-state index contributed by atoms with van der Waals surface area (Å²) in [5, 5.41) is 12.8. The van der Waals surface area contributed by atoms with Crippen LogP contribution in [0, 0.1) is 0 Å². The molecule has 7 nitrogen and oxygen atoms in total. The Bertz CT molecular complexity index is 421. The fourth-order valence-electron chi connectivity index (χ4n) is 1.29. The van der Waals surface area contributed by atoms with Crippen molar-refractivity contribution in [3.05, 3.63) is 24.8 Å². The molecule has 0 atom stereocenters. The predicted octanol–water partition coefficient (Wildman–Crippen LogP) is 0.420. The second-order valence-electron chi connectivity index (χ2n) is 3.25. The number of carbonyl (C=O) groups is 1. The van der Waals surface area contributed by atoms with E-state index in [1.807, 2.05) is 12.3 Å². The zero-order valence-corrected chi connectivity index (χ0v) is 8.63. The van der Waals surface area contributed by atoms with Crippen LogP contribution in [0.15, 0.2) is 24.8 Å². The van der Waals surface area contributed by atoms with Gasteiger partial charge in [-0.3, -0.25) is 14.8 Å². The zero-order chi connectivity index (χ0) is 11.2. The Labute approximate surface area is 91.9 Å². The average molecular weight is 220 g/mol. The summed E-state index contributed by atoms with van der Waals surface area (Å²) in [7, 11) is 0. The fourth-order valence-corrected chi connectivity index (χ4v) is 1.29. The third-order valence-corrected chi connectivity index (χ3v) is 2.02. The molecule has 2 heterocycles. The van der Waals surface area contributed by atoms with Gasteiger partial charge in [-0.1, -0.05) is 0 Å². The number of anilines is 1.